The third-order valence-corrected chi connectivity index (χ3v) is 3.44. The number of nitrogens with zero attached hydrogens (tertiary/aromatic N) is 1. The number of methoxy groups -OCH3 is 1. The molecule has 0 aromatic carbocycles. The monoisotopic (exact) mass is 251 g/mol. The van der Waals surface area contributed by atoms with Gasteiger partial charge in [-0.3, -0.25) is 0 Å². The van der Waals surface area contributed by atoms with Crippen LogP contribution in [-0.2, 0) is 11.3 Å². The van der Waals surface area contributed by atoms with Gasteiger partial charge in [-0.1, -0.05) is 0 Å². The summed E-state index contributed by atoms with van der Waals surface area (Å²) in [7, 11) is 1.70. The smallest absolute Gasteiger partial charge is 0.120 e. The van der Waals surface area contributed by atoms with Gasteiger partial charge in [-0.05, 0) is 19.1 Å². The summed E-state index contributed by atoms with van der Waals surface area (Å²) >= 11 is 1.77. The van der Waals surface area contributed by atoms with Gasteiger partial charge in [0.25, 0.3) is 0 Å². The van der Waals surface area contributed by atoms with Crippen LogP contribution in [0.2, 0.25) is 0 Å². The van der Waals surface area contributed by atoms with E-state index in [1.54, 1.807) is 18.4 Å². The van der Waals surface area contributed by atoms with Crippen LogP contribution >= 0.6 is 11.3 Å². The number of aromatic nitrogens is 2. The van der Waals surface area contributed by atoms with Crippen LogP contribution in [-0.4, -0.2) is 30.2 Å². The number of hydrogen-bond donors (Lipinski definition) is 2. The Balaban J connectivity index is 1.92. The van der Waals surface area contributed by atoms with Gasteiger partial charge < -0.3 is 15.0 Å². The summed E-state index contributed by atoms with van der Waals surface area (Å²) in [6.45, 7) is 4.41. The highest BCUT2D eigenvalue weighted by Crippen LogP contribution is 2.25. The van der Waals surface area contributed by atoms with Crippen LogP contribution in [0.1, 0.15) is 10.7 Å². The van der Waals surface area contributed by atoms with Crippen molar-refractivity contribution in [2.75, 3.05) is 20.3 Å². The molecule has 0 bridgehead atoms. The molecular formula is C12H17N3OS. The predicted molar refractivity (Wildman–Crippen MR) is 70.2 cm³/mol. The molecule has 2 aromatic heterocycles. The maximum atomic E-state index is 4.97. The van der Waals surface area contributed by atoms with Crippen LogP contribution < -0.4 is 5.32 Å². The molecule has 0 radical (unpaired) electrons. The van der Waals surface area contributed by atoms with Gasteiger partial charge in [0.05, 0.1) is 29.9 Å². The number of ether oxygens (including phenoxy) is 1. The van der Waals surface area contributed by atoms with Crippen molar-refractivity contribution in [3.8, 4) is 10.6 Å². The summed E-state index contributed by atoms with van der Waals surface area (Å²) in [5.74, 6) is 0.960. The Bertz CT molecular complexity index is 464. The van der Waals surface area contributed by atoms with E-state index >= 15 is 0 Å². The zero-order valence-electron chi connectivity index (χ0n) is 10.1. The lowest BCUT2D eigenvalue weighted by Gasteiger charge is -2.00. The van der Waals surface area contributed by atoms with Crippen LogP contribution in [0.5, 0.6) is 0 Å². The summed E-state index contributed by atoms with van der Waals surface area (Å²) in [4.78, 5) is 10.2. The van der Waals surface area contributed by atoms with Crippen molar-refractivity contribution in [1.82, 2.24) is 15.3 Å². The normalized spacial score (nSPS) is 10.9. The molecule has 0 amide bonds. The summed E-state index contributed by atoms with van der Waals surface area (Å²) in [5, 5.41) is 3.26. The second-order valence-corrected chi connectivity index (χ2v) is 5.11. The van der Waals surface area contributed by atoms with E-state index in [0.717, 1.165) is 31.2 Å². The second-order valence-electron chi connectivity index (χ2n) is 3.82. The van der Waals surface area contributed by atoms with Crippen LogP contribution in [0.4, 0.5) is 0 Å². The van der Waals surface area contributed by atoms with Gasteiger partial charge in [-0.25, -0.2) is 4.98 Å². The Kier molecular flexibility index (Phi) is 4.30. The number of thiophene rings is 1. The molecule has 5 heteroatoms. The first-order chi connectivity index (χ1) is 8.29. The summed E-state index contributed by atoms with van der Waals surface area (Å²) in [5.41, 5.74) is 1.09. The Morgan fingerprint density at radius 2 is 2.35 bits per heavy atom. The van der Waals surface area contributed by atoms with E-state index in [2.05, 4.69) is 34.3 Å². The van der Waals surface area contributed by atoms with Gasteiger partial charge in [0, 0.05) is 18.5 Å². The number of aryl methyl sites for hydroxylation is 1. The van der Waals surface area contributed by atoms with Gasteiger partial charge in [-0.2, -0.15) is 0 Å². The van der Waals surface area contributed by atoms with E-state index in [0.29, 0.717) is 0 Å². The summed E-state index contributed by atoms with van der Waals surface area (Å²) < 4.78 is 4.97. The largest absolute Gasteiger partial charge is 0.383 e. The molecule has 0 unspecified atom stereocenters. The standard InChI is InChI=1S/C12H17N3OS/c1-9-3-4-11(17-9)10-7-14-12(15-10)8-13-5-6-16-2/h3-4,7,13H,5-6,8H2,1-2H3,(H,14,15). The maximum Gasteiger partial charge on any atom is 0.120 e. The highest BCUT2D eigenvalue weighted by molar-refractivity contribution is 7.15. The molecule has 0 aliphatic heterocycles. The molecule has 0 aliphatic rings. The molecule has 2 rings (SSSR count). The highest BCUT2D eigenvalue weighted by Gasteiger charge is 2.04. The van der Waals surface area contributed by atoms with Crippen LogP contribution in [0.3, 0.4) is 0 Å². The first-order valence-corrected chi connectivity index (χ1v) is 6.41. The fourth-order valence-electron chi connectivity index (χ4n) is 1.54. The quantitative estimate of drug-likeness (QED) is 0.774. The summed E-state index contributed by atoms with van der Waals surface area (Å²) in [6, 6.07) is 4.24. The minimum Gasteiger partial charge on any atom is -0.383 e. The van der Waals surface area contributed by atoms with Crippen molar-refractivity contribution < 1.29 is 4.74 Å². The second kappa shape index (κ2) is 5.95. The zero-order valence-corrected chi connectivity index (χ0v) is 10.9. The van der Waals surface area contributed by atoms with E-state index < -0.39 is 0 Å². The number of H-pyrrole nitrogens is 1. The van der Waals surface area contributed by atoms with Gasteiger partial charge in [0.1, 0.15) is 5.82 Å². The third kappa shape index (κ3) is 3.39. The SMILES string of the molecule is COCCNCc1ncc(-c2ccc(C)s2)[nH]1. The minimum atomic E-state index is 0.720. The lowest BCUT2D eigenvalue weighted by Crippen LogP contribution is -2.19. The molecule has 2 N–H and O–H groups in total. The van der Waals surface area contributed by atoms with Crippen molar-refractivity contribution in [3.05, 3.63) is 29.0 Å². The zero-order chi connectivity index (χ0) is 12.1. The van der Waals surface area contributed by atoms with E-state index in [-0.39, 0.29) is 0 Å². The number of rotatable bonds is 6. The molecule has 2 heterocycles. The predicted octanol–water partition coefficient (Wildman–Crippen LogP) is 2.18. The highest BCUT2D eigenvalue weighted by atomic mass is 32.1. The molecule has 17 heavy (non-hydrogen) atoms. The Hall–Kier alpha value is -1.17. The average Bonchev–Trinajstić information content (AvgIpc) is 2.93. The molecule has 0 saturated carbocycles. The van der Waals surface area contributed by atoms with Crippen molar-refractivity contribution in [1.29, 1.82) is 0 Å². The molecule has 0 aliphatic carbocycles. The van der Waals surface area contributed by atoms with E-state index in [9.17, 15) is 0 Å². The van der Waals surface area contributed by atoms with Gasteiger partial charge in [-0.15, -0.1) is 11.3 Å². The maximum absolute atomic E-state index is 4.97. The Labute approximate surface area is 105 Å². The Morgan fingerprint density at radius 1 is 1.47 bits per heavy atom. The van der Waals surface area contributed by atoms with Gasteiger partial charge in [0.2, 0.25) is 0 Å². The molecule has 4 nitrogen and oxygen atoms in total. The molecule has 0 fully saturated rings. The lowest BCUT2D eigenvalue weighted by atomic mass is 10.4. The number of imidazole rings is 1. The van der Waals surface area contributed by atoms with Crippen molar-refractivity contribution in [2.24, 2.45) is 0 Å². The van der Waals surface area contributed by atoms with Crippen LogP contribution in [0.15, 0.2) is 18.3 Å². The van der Waals surface area contributed by atoms with E-state index in [1.165, 1.54) is 9.75 Å². The van der Waals surface area contributed by atoms with Crippen molar-refractivity contribution in [3.63, 3.8) is 0 Å². The molecular weight excluding hydrogens is 234 g/mol. The summed E-state index contributed by atoms with van der Waals surface area (Å²) in [6.07, 6.45) is 1.89. The fourth-order valence-corrected chi connectivity index (χ4v) is 2.37. The number of hydrogen-bond acceptors (Lipinski definition) is 4. The topological polar surface area (TPSA) is 49.9 Å². The molecule has 0 spiro atoms. The van der Waals surface area contributed by atoms with Crippen LogP contribution in [0, 0.1) is 6.92 Å². The third-order valence-electron chi connectivity index (χ3n) is 2.41. The van der Waals surface area contributed by atoms with Crippen LogP contribution in [0.25, 0.3) is 10.6 Å². The average molecular weight is 251 g/mol. The minimum absolute atomic E-state index is 0.720. The molecule has 92 valence electrons. The van der Waals surface area contributed by atoms with Crippen molar-refractivity contribution >= 4 is 11.3 Å². The number of nitrogens with one attached hydrogen (secondary N) is 2. The molecule has 2 aromatic rings. The van der Waals surface area contributed by atoms with E-state index in [1.807, 2.05) is 6.20 Å². The first kappa shape index (κ1) is 12.3. The van der Waals surface area contributed by atoms with E-state index in [4.69, 9.17) is 4.74 Å². The molecule has 0 saturated heterocycles. The number of aromatic amines is 1. The lowest BCUT2D eigenvalue weighted by molar-refractivity contribution is 0.199. The molecule has 0 atom stereocenters. The van der Waals surface area contributed by atoms with Gasteiger partial charge in [0.15, 0.2) is 0 Å². The van der Waals surface area contributed by atoms with Crippen molar-refractivity contribution in [2.45, 2.75) is 13.5 Å². The fraction of sp³-hybridized carbons (Fsp3) is 0.417. The first-order valence-electron chi connectivity index (χ1n) is 5.60. The van der Waals surface area contributed by atoms with Gasteiger partial charge >= 0.3 is 0 Å². The Morgan fingerprint density at radius 3 is 3.06 bits per heavy atom.